The number of hydrogen-bond donors (Lipinski definition) is 1. The summed E-state index contributed by atoms with van der Waals surface area (Å²) in [4.78, 5) is 16.0. The van der Waals surface area contributed by atoms with Gasteiger partial charge in [0, 0.05) is 16.9 Å². The fraction of sp³-hybridized carbons (Fsp3) is 0.111. The van der Waals surface area contributed by atoms with E-state index in [2.05, 4.69) is 12.6 Å². The van der Waals surface area contributed by atoms with Gasteiger partial charge in [0.2, 0.25) is 0 Å². The van der Waals surface area contributed by atoms with E-state index >= 15 is 0 Å². The van der Waals surface area contributed by atoms with Crippen LogP contribution in [0.1, 0.15) is 28.4 Å². The Morgan fingerprint density at radius 2 is 1.76 bits per heavy atom. The van der Waals surface area contributed by atoms with E-state index in [4.69, 9.17) is 14.5 Å². The van der Waals surface area contributed by atoms with Crippen LogP contribution in [0.25, 0.3) is 21.7 Å². The first-order valence-corrected chi connectivity index (χ1v) is 12.3. The van der Waals surface area contributed by atoms with Crippen molar-refractivity contribution in [1.82, 2.24) is 4.98 Å². The highest BCUT2D eigenvalue weighted by atomic mass is 32.2. The molecule has 3 aromatic carbocycles. The van der Waals surface area contributed by atoms with E-state index in [0.29, 0.717) is 23.0 Å². The number of aromatic nitrogens is 1. The van der Waals surface area contributed by atoms with Gasteiger partial charge in [0.05, 0.1) is 22.9 Å². The molecule has 0 fully saturated rings. The van der Waals surface area contributed by atoms with Crippen molar-refractivity contribution < 1.29 is 19.4 Å². The number of carbonyl (C=O) groups is 1. The number of benzene rings is 3. The first-order valence-electron chi connectivity index (χ1n) is 10.5. The van der Waals surface area contributed by atoms with Crippen molar-refractivity contribution in [2.45, 2.75) is 11.3 Å². The number of fused-ring (bicyclic) bond motifs is 1. The summed E-state index contributed by atoms with van der Waals surface area (Å²) in [5, 5.41) is 9.26. The molecule has 1 N–H and O–H groups in total. The standard InChI is InChI=1S/C27H23NO4S2/c1-17(16-33-27-28-23-9-4-5-10-24(23)34-27)25(19-11-13-20(14-12-19)26(29)30)32-18(2)21-7-6-8-22(15-21)31-3/h4-15H,2,16H2,1,3H3,(H,29,30)/b25-17+. The van der Waals surface area contributed by atoms with E-state index in [-0.39, 0.29) is 5.56 Å². The minimum absolute atomic E-state index is 0.219. The normalized spacial score (nSPS) is 11.7. The highest BCUT2D eigenvalue weighted by Crippen LogP contribution is 2.34. The zero-order valence-corrected chi connectivity index (χ0v) is 20.4. The molecule has 0 atom stereocenters. The summed E-state index contributed by atoms with van der Waals surface area (Å²) >= 11 is 3.30. The molecule has 4 rings (SSSR count). The van der Waals surface area contributed by atoms with Gasteiger partial charge in [0.1, 0.15) is 17.3 Å². The van der Waals surface area contributed by atoms with Crippen LogP contribution in [-0.2, 0) is 4.74 Å². The second-order valence-electron chi connectivity index (χ2n) is 7.49. The number of thiazole rings is 1. The Morgan fingerprint density at radius 1 is 1.03 bits per heavy atom. The fourth-order valence-electron chi connectivity index (χ4n) is 3.28. The Labute approximate surface area is 206 Å². The Morgan fingerprint density at radius 3 is 2.47 bits per heavy atom. The predicted octanol–water partition coefficient (Wildman–Crippen LogP) is 7.21. The number of para-hydroxylation sites is 1. The molecule has 7 heteroatoms. The number of thioether (sulfide) groups is 1. The molecule has 4 aromatic rings. The third-order valence-corrected chi connectivity index (χ3v) is 7.44. The minimum atomic E-state index is -0.970. The van der Waals surface area contributed by atoms with Crippen molar-refractivity contribution in [3.63, 3.8) is 0 Å². The van der Waals surface area contributed by atoms with E-state index in [1.54, 1.807) is 54.5 Å². The third-order valence-electron chi connectivity index (χ3n) is 5.09. The highest BCUT2D eigenvalue weighted by Gasteiger charge is 2.14. The lowest BCUT2D eigenvalue weighted by molar-refractivity contribution is 0.0697. The van der Waals surface area contributed by atoms with Crippen LogP contribution in [0.4, 0.5) is 0 Å². The average Bonchev–Trinajstić information content (AvgIpc) is 3.29. The third kappa shape index (κ3) is 5.50. The molecule has 5 nitrogen and oxygen atoms in total. The molecule has 172 valence electrons. The molecule has 0 amide bonds. The molecule has 0 aliphatic heterocycles. The number of methoxy groups -OCH3 is 1. The van der Waals surface area contributed by atoms with Gasteiger partial charge in [-0.1, -0.05) is 54.7 Å². The molecule has 1 aromatic heterocycles. The first-order chi connectivity index (χ1) is 16.4. The Balaban J connectivity index is 1.62. The lowest BCUT2D eigenvalue weighted by Gasteiger charge is -2.17. The lowest BCUT2D eigenvalue weighted by atomic mass is 10.1. The van der Waals surface area contributed by atoms with Gasteiger partial charge in [-0.3, -0.25) is 0 Å². The minimum Gasteiger partial charge on any atom is -0.497 e. The lowest BCUT2D eigenvalue weighted by Crippen LogP contribution is -2.00. The second-order valence-corrected chi connectivity index (χ2v) is 9.74. The van der Waals surface area contributed by atoms with Gasteiger partial charge in [-0.05, 0) is 48.9 Å². The maximum Gasteiger partial charge on any atom is 0.335 e. The summed E-state index contributed by atoms with van der Waals surface area (Å²) < 4.78 is 13.7. The van der Waals surface area contributed by atoms with Gasteiger partial charge in [0.25, 0.3) is 0 Å². The van der Waals surface area contributed by atoms with Gasteiger partial charge < -0.3 is 14.6 Å². The SMILES string of the molecule is C=C(O/C(=C(\C)CSc1nc2ccccc2s1)c1ccc(C(=O)O)cc1)c1cccc(OC)c1. The summed E-state index contributed by atoms with van der Waals surface area (Å²) in [5.41, 5.74) is 3.76. The molecule has 34 heavy (non-hydrogen) atoms. The second kappa shape index (κ2) is 10.6. The number of hydrogen-bond acceptors (Lipinski definition) is 6. The largest absolute Gasteiger partial charge is 0.497 e. The van der Waals surface area contributed by atoms with Gasteiger partial charge in [0.15, 0.2) is 4.34 Å². The van der Waals surface area contributed by atoms with Gasteiger partial charge in [-0.25, -0.2) is 9.78 Å². The van der Waals surface area contributed by atoms with E-state index in [1.165, 1.54) is 0 Å². The highest BCUT2D eigenvalue weighted by molar-refractivity contribution is 8.01. The van der Waals surface area contributed by atoms with Crippen molar-refractivity contribution in [1.29, 1.82) is 0 Å². The van der Waals surface area contributed by atoms with E-state index in [1.807, 2.05) is 49.4 Å². The van der Waals surface area contributed by atoms with Crippen LogP contribution in [0.15, 0.2) is 89.3 Å². The average molecular weight is 490 g/mol. The van der Waals surface area contributed by atoms with Crippen LogP contribution in [0.5, 0.6) is 5.75 Å². The number of rotatable bonds is 9. The summed E-state index contributed by atoms with van der Waals surface area (Å²) in [6.45, 7) is 6.12. The maximum absolute atomic E-state index is 11.3. The van der Waals surface area contributed by atoms with E-state index in [0.717, 1.165) is 31.3 Å². The molecule has 0 spiro atoms. The van der Waals surface area contributed by atoms with Crippen LogP contribution in [0.2, 0.25) is 0 Å². The van der Waals surface area contributed by atoms with Crippen molar-refractivity contribution in [2.24, 2.45) is 0 Å². The van der Waals surface area contributed by atoms with Gasteiger partial charge in [-0.2, -0.15) is 0 Å². The van der Waals surface area contributed by atoms with Crippen molar-refractivity contribution in [2.75, 3.05) is 12.9 Å². The number of nitrogens with zero attached hydrogens (tertiary/aromatic N) is 1. The van der Waals surface area contributed by atoms with Crippen molar-refractivity contribution >= 4 is 50.8 Å². The summed E-state index contributed by atoms with van der Waals surface area (Å²) in [7, 11) is 1.61. The van der Waals surface area contributed by atoms with Crippen LogP contribution in [0, 0.1) is 0 Å². The number of carboxylic acids is 1. The van der Waals surface area contributed by atoms with Crippen LogP contribution < -0.4 is 4.74 Å². The summed E-state index contributed by atoms with van der Waals surface area (Å²) in [5.74, 6) is 1.50. The zero-order valence-electron chi connectivity index (χ0n) is 18.8. The molecular weight excluding hydrogens is 466 g/mol. The monoisotopic (exact) mass is 489 g/mol. The van der Waals surface area contributed by atoms with Gasteiger partial charge >= 0.3 is 5.97 Å². The molecule has 0 aliphatic rings. The smallest absolute Gasteiger partial charge is 0.335 e. The molecule has 0 aliphatic carbocycles. The Kier molecular flexibility index (Phi) is 7.35. The van der Waals surface area contributed by atoms with Gasteiger partial charge in [-0.15, -0.1) is 11.3 Å². The maximum atomic E-state index is 11.3. The zero-order chi connectivity index (χ0) is 24.1. The molecule has 0 unspecified atom stereocenters. The van der Waals surface area contributed by atoms with E-state index in [9.17, 15) is 9.90 Å². The van der Waals surface area contributed by atoms with Crippen molar-refractivity contribution in [3.05, 3.63) is 102 Å². The van der Waals surface area contributed by atoms with Crippen LogP contribution in [0.3, 0.4) is 0 Å². The molecule has 1 heterocycles. The van der Waals surface area contributed by atoms with E-state index < -0.39 is 5.97 Å². The number of aromatic carboxylic acids is 1. The summed E-state index contributed by atoms with van der Waals surface area (Å²) in [6, 6.07) is 22.2. The Hall–Kier alpha value is -3.55. The predicted molar refractivity (Wildman–Crippen MR) is 139 cm³/mol. The number of ether oxygens (including phenoxy) is 2. The summed E-state index contributed by atoms with van der Waals surface area (Å²) in [6.07, 6.45) is 0. The topological polar surface area (TPSA) is 68.7 Å². The molecule has 0 radical (unpaired) electrons. The Bertz CT molecular complexity index is 1340. The number of carboxylic acid groups (broad SMARTS) is 1. The first kappa shape index (κ1) is 23.6. The van der Waals surface area contributed by atoms with Crippen molar-refractivity contribution in [3.8, 4) is 5.75 Å². The molecule has 0 saturated heterocycles. The molecule has 0 bridgehead atoms. The fourth-order valence-corrected chi connectivity index (χ4v) is 5.30. The molecule has 0 saturated carbocycles. The quantitative estimate of drug-likeness (QED) is 0.198. The van der Waals surface area contributed by atoms with Crippen LogP contribution >= 0.6 is 23.1 Å². The van der Waals surface area contributed by atoms with Crippen LogP contribution in [-0.4, -0.2) is 28.9 Å². The molecular formula is C27H23NO4S2.